The maximum atomic E-state index is 11.8. The molecule has 0 saturated heterocycles. The fraction of sp³-hybridized carbons (Fsp3) is 0.250. The molecule has 0 saturated carbocycles. The minimum atomic E-state index is -0.441. The molecule has 2 N–H and O–H groups in total. The van der Waals surface area contributed by atoms with E-state index in [9.17, 15) is 9.59 Å². The molecular formula is C16H18N2O4. The van der Waals surface area contributed by atoms with Gasteiger partial charge in [0.25, 0.3) is 5.91 Å². The van der Waals surface area contributed by atoms with Crippen molar-refractivity contribution in [3.63, 3.8) is 0 Å². The van der Waals surface area contributed by atoms with E-state index in [1.165, 1.54) is 6.26 Å². The van der Waals surface area contributed by atoms with Crippen LogP contribution in [0.3, 0.4) is 0 Å². The summed E-state index contributed by atoms with van der Waals surface area (Å²) in [5.74, 6) is -0.374. The molecule has 2 rings (SSSR count). The van der Waals surface area contributed by atoms with Crippen molar-refractivity contribution < 1.29 is 18.7 Å². The summed E-state index contributed by atoms with van der Waals surface area (Å²) in [7, 11) is 0. The standard InChI is InChI=1S/C16H18N2O4/c1-3-21-16(20)11(2)17-12-6-8-13(9-7-12)18-15(19)14-5-4-10-22-14/h4-11,17H,3H2,1-2H3,(H,18,19)/t11-/m1/s1. The van der Waals surface area contributed by atoms with Crippen molar-refractivity contribution in [3.05, 3.63) is 48.4 Å². The van der Waals surface area contributed by atoms with Crippen molar-refractivity contribution in [2.45, 2.75) is 19.9 Å². The highest BCUT2D eigenvalue weighted by Crippen LogP contribution is 2.16. The van der Waals surface area contributed by atoms with Crippen LogP contribution in [0.15, 0.2) is 47.1 Å². The van der Waals surface area contributed by atoms with Crippen LogP contribution in [-0.4, -0.2) is 24.5 Å². The van der Waals surface area contributed by atoms with E-state index < -0.39 is 6.04 Å². The third kappa shape index (κ3) is 4.12. The highest BCUT2D eigenvalue weighted by Gasteiger charge is 2.13. The summed E-state index contributed by atoms with van der Waals surface area (Å²) in [6.45, 7) is 3.84. The SMILES string of the molecule is CCOC(=O)[C@@H](C)Nc1ccc(NC(=O)c2ccco2)cc1. The molecule has 22 heavy (non-hydrogen) atoms. The van der Waals surface area contributed by atoms with Crippen LogP contribution in [0.1, 0.15) is 24.4 Å². The molecule has 0 aliphatic heterocycles. The predicted molar refractivity (Wildman–Crippen MR) is 82.8 cm³/mol. The molecule has 1 aromatic carbocycles. The van der Waals surface area contributed by atoms with Crippen molar-refractivity contribution >= 4 is 23.3 Å². The normalized spacial score (nSPS) is 11.5. The lowest BCUT2D eigenvalue weighted by molar-refractivity contribution is -0.143. The van der Waals surface area contributed by atoms with Crippen molar-refractivity contribution in [2.24, 2.45) is 0 Å². The number of anilines is 2. The van der Waals surface area contributed by atoms with Crippen molar-refractivity contribution in [2.75, 3.05) is 17.2 Å². The van der Waals surface area contributed by atoms with Crippen LogP contribution in [0, 0.1) is 0 Å². The Morgan fingerprint density at radius 1 is 1.18 bits per heavy atom. The zero-order valence-corrected chi connectivity index (χ0v) is 12.5. The molecule has 1 heterocycles. The number of ether oxygens (including phenoxy) is 1. The zero-order chi connectivity index (χ0) is 15.9. The number of carbonyl (C=O) groups excluding carboxylic acids is 2. The molecule has 0 unspecified atom stereocenters. The van der Waals surface area contributed by atoms with Gasteiger partial charge in [-0.05, 0) is 50.2 Å². The topological polar surface area (TPSA) is 80.6 Å². The third-order valence-corrected chi connectivity index (χ3v) is 2.91. The first-order chi connectivity index (χ1) is 10.6. The zero-order valence-electron chi connectivity index (χ0n) is 12.5. The Bertz CT molecular complexity index is 620. The first kappa shape index (κ1) is 15.6. The maximum Gasteiger partial charge on any atom is 0.328 e. The Balaban J connectivity index is 1.93. The predicted octanol–water partition coefficient (Wildman–Crippen LogP) is 2.90. The first-order valence-electron chi connectivity index (χ1n) is 6.98. The van der Waals surface area contributed by atoms with Crippen LogP contribution in [0.4, 0.5) is 11.4 Å². The third-order valence-electron chi connectivity index (χ3n) is 2.91. The van der Waals surface area contributed by atoms with Gasteiger partial charge in [0, 0.05) is 11.4 Å². The maximum absolute atomic E-state index is 11.8. The van der Waals surface area contributed by atoms with Gasteiger partial charge >= 0.3 is 5.97 Å². The van der Waals surface area contributed by atoms with Crippen molar-refractivity contribution in [1.82, 2.24) is 0 Å². The van der Waals surface area contributed by atoms with Gasteiger partial charge in [-0.3, -0.25) is 4.79 Å². The molecule has 1 aromatic heterocycles. The Hall–Kier alpha value is -2.76. The van der Waals surface area contributed by atoms with E-state index in [1.807, 2.05) is 0 Å². The fourth-order valence-electron chi connectivity index (χ4n) is 1.83. The van der Waals surface area contributed by atoms with Crippen molar-refractivity contribution in [1.29, 1.82) is 0 Å². The van der Waals surface area contributed by atoms with Crippen molar-refractivity contribution in [3.8, 4) is 0 Å². The molecule has 6 nitrogen and oxygen atoms in total. The monoisotopic (exact) mass is 302 g/mol. The number of hydrogen-bond donors (Lipinski definition) is 2. The van der Waals surface area contributed by atoms with Crippen LogP contribution in [0.2, 0.25) is 0 Å². The molecule has 2 aromatic rings. The lowest BCUT2D eigenvalue weighted by Crippen LogP contribution is -2.28. The highest BCUT2D eigenvalue weighted by atomic mass is 16.5. The Morgan fingerprint density at radius 2 is 1.86 bits per heavy atom. The van der Waals surface area contributed by atoms with Gasteiger partial charge in [0.15, 0.2) is 5.76 Å². The van der Waals surface area contributed by atoms with Gasteiger partial charge in [-0.2, -0.15) is 0 Å². The van der Waals surface area contributed by atoms with Gasteiger partial charge in [0.1, 0.15) is 6.04 Å². The molecule has 1 amide bonds. The molecule has 0 radical (unpaired) electrons. The quantitative estimate of drug-likeness (QED) is 0.802. The summed E-state index contributed by atoms with van der Waals surface area (Å²) in [4.78, 5) is 23.4. The Morgan fingerprint density at radius 3 is 2.45 bits per heavy atom. The van der Waals surface area contributed by atoms with Gasteiger partial charge in [-0.15, -0.1) is 0 Å². The number of nitrogens with one attached hydrogen (secondary N) is 2. The molecule has 6 heteroatoms. The van der Waals surface area contributed by atoms with E-state index in [1.54, 1.807) is 50.2 Å². The van der Waals surface area contributed by atoms with Gasteiger partial charge in [-0.25, -0.2) is 4.79 Å². The number of benzene rings is 1. The first-order valence-corrected chi connectivity index (χ1v) is 6.98. The Kier molecular flexibility index (Phi) is 5.19. The molecule has 0 aliphatic rings. The molecule has 116 valence electrons. The minimum Gasteiger partial charge on any atom is -0.464 e. The molecule has 1 atom stereocenters. The van der Waals surface area contributed by atoms with Gasteiger partial charge in [0.2, 0.25) is 0 Å². The average molecular weight is 302 g/mol. The summed E-state index contributed by atoms with van der Waals surface area (Å²) in [6.07, 6.45) is 1.44. The highest BCUT2D eigenvalue weighted by molar-refractivity contribution is 6.02. The molecule has 0 bridgehead atoms. The van der Waals surface area contributed by atoms with Crippen LogP contribution >= 0.6 is 0 Å². The van der Waals surface area contributed by atoms with Crippen LogP contribution in [0.5, 0.6) is 0 Å². The Labute approximate surface area is 128 Å². The van der Waals surface area contributed by atoms with Gasteiger partial charge in [-0.1, -0.05) is 0 Å². The number of rotatable bonds is 6. The van der Waals surface area contributed by atoms with Gasteiger partial charge < -0.3 is 19.8 Å². The number of amides is 1. The number of furan rings is 1. The van der Waals surface area contributed by atoms with E-state index >= 15 is 0 Å². The fourth-order valence-corrected chi connectivity index (χ4v) is 1.83. The van der Waals surface area contributed by atoms with E-state index in [0.717, 1.165) is 5.69 Å². The average Bonchev–Trinajstić information content (AvgIpc) is 3.04. The van der Waals surface area contributed by atoms with Crippen LogP contribution in [-0.2, 0) is 9.53 Å². The molecule has 0 spiro atoms. The lowest BCUT2D eigenvalue weighted by atomic mass is 10.2. The smallest absolute Gasteiger partial charge is 0.328 e. The summed E-state index contributed by atoms with van der Waals surface area (Å²) >= 11 is 0. The molecule has 0 fully saturated rings. The number of hydrogen-bond acceptors (Lipinski definition) is 5. The second-order valence-corrected chi connectivity index (χ2v) is 4.63. The number of carbonyl (C=O) groups is 2. The van der Waals surface area contributed by atoms with Crippen LogP contribution < -0.4 is 10.6 Å². The summed E-state index contributed by atoms with van der Waals surface area (Å²) in [5, 5.41) is 5.74. The lowest BCUT2D eigenvalue weighted by Gasteiger charge is -2.14. The summed E-state index contributed by atoms with van der Waals surface area (Å²) in [6, 6.07) is 9.82. The van der Waals surface area contributed by atoms with Crippen LogP contribution in [0.25, 0.3) is 0 Å². The summed E-state index contributed by atoms with van der Waals surface area (Å²) in [5.41, 5.74) is 1.40. The largest absolute Gasteiger partial charge is 0.464 e. The summed E-state index contributed by atoms with van der Waals surface area (Å²) < 4.78 is 9.94. The second-order valence-electron chi connectivity index (χ2n) is 4.63. The molecule has 0 aliphatic carbocycles. The minimum absolute atomic E-state index is 0.248. The van der Waals surface area contributed by atoms with Gasteiger partial charge in [0.05, 0.1) is 12.9 Å². The van der Waals surface area contributed by atoms with E-state index in [0.29, 0.717) is 12.3 Å². The van der Waals surface area contributed by atoms with E-state index in [4.69, 9.17) is 9.15 Å². The van der Waals surface area contributed by atoms with E-state index in [2.05, 4.69) is 10.6 Å². The molecular weight excluding hydrogens is 284 g/mol. The second kappa shape index (κ2) is 7.31. The van der Waals surface area contributed by atoms with E-state index in [-0.39, 0.29) is 17.6 Å². The number of esters is 1.